The molecule has 0 fully saturated rings. The normalized spacial score (nSPS) is 12.7. The number of nitrogens with zero attached hydrogens (tertiary/aromatic N) is 1. The van der Waals surface area contributed by atoms with Crippen molar-refractivity contribution in [1.82, 2.24) is 10.3 Å². The Hall–Kier alpha value is -0.710. The van der Waals surface area contributed by atoms with Crippen molar-refractivity contribution in [3.63, 3.8) is 0 Å². The van der Waals surface area contributed by atoms with Gasteiger partial charge in [0.25, 0.3) is 0 Å². The van der Waals surface area contributed by atoms with Gasteiger partial charge in [0.15, 0.2) is 0 Å². The molecule has 0 spiro atoms. The number of halogens is 1. The van der Waals surface area contributed by atoms with Crippen molar-refractivity contribution in [1.29, 1.82) is 0 Å². The van der Waals surface area contributed by atoms with Gasteiger partial charge in [-0.25, -0.2) is 0 Å². The quantitative estimate of drug-likeness (QED) is 0.935. The van der Waals surface area contributed by atoms with Gasteiger partial charge in [-0.2, -0.15) is 0 Å². The fourth-order valence-electron chi connectivity index (χ4n) is 1.45. The van der Waals surface area contributed by atoms with Crippen molar-refractivity contribution in [2.75, 3.05) is 7.05 Å². The summed E-state index contributed by atoms with van der Waals surface area (Å²) >= 11 is 5.13. The van der Waals surface area contributed by atoms with Gasteiger partial charge in [-0.15, -0.1) is 11.3 Å². The van der Waals surface area contributed by atoms with Gasteiger partial charge in [-0.1, -0.05) is 6.07 Å². The molecule has 0 aliphatic heterocycles. The second-order valence-electron chi connectivity index (χ2n) is 3.14. The molecule has 0 saturated carbocycles. The van der Waals surface area contributed by atoms with Crippen LogP contribution in [0.15, 0.2) is 40.3 Å². The highest BCUT2D eigenvalue weighted by molar-refractivity contribution is 9.10. The largest absolute Gasteiger partial charge is 0.307 e. The third-order valence-electron chi connectivity index (χ3n) is 2.16. The topological polar surface area (TPSA) is 24.9 Å². The van der Waals surface area contributed by atoms with Crippen molar-refractivity contribution in [3.8, 4) is 0 Å². The zero-order valence-corrected chi connectivity index (χ0v) is 10.7. The van der Waals surface area contributed by atoms with E-state index in [4.69, 9.17) is 0 Å². The van der Waals surface area contributed by atoms with Crippen LogP contribution in [0, 0.1) is 0 Å². The molecular weight excluding hydrogens is 272 g/mol. The monoisotopic (exact) mass is 282 g/mol. The van der Waals surface area contributed by atoms with Gasteiger partial charge < -0.3 is 5.32 Å². The predicted molar refractivity (Wildman–Crippen MR) is 67.2 cm³/mol. The van der Waals surface area contributed by atoms with Crippen LogP contribution >= 0.6 is 27.3 Å². The van der Waals surface area contributed by atoms with Crippen molar-refractivity contribution < 1.29 is 0 Å². The van der Waals surface area contributed by atoms with E-state index >= 15 is 0 Å². The molecule has 2 rings (SSSR count). The number of rotatable bonds is 3. The van der Waals surface area contributed by atoms with Crippen LogP contribution in [-0.4, -0.2) is 12.0 Å². The summed E-state index contributed by atoms with van der Waals surface area (Å²) in [5.74, 6) is 0. The van der Waals surface area contributed by atoms with Crippen LogP contribution in [0.25, 0.3) is 0 Å². The zero-order valence-electron chi connectivity index (χ0n) is 8.27. The summed E-state index contributed by atoms with van der Waals surface area (Å²) < 4.78 is 1.01. The number of hydrogen-bond acceptors (Lipinski definition) is 3. The molecule has 2 aromatic heterocycles. The van der Waals surface area contributed by atoms with E-state index in [9.17, 15) is 0 Å². The lowest BCUT2D eigenvalue weighted by atomic mass is 10.1. The lowest BCUT2D eigenvalue weighted by Gasteiger charge is -2.13. The maximum Gasteiger partial charge on any atom is 0.0842 e. The minimum atomic E-state index is 0.193. The molecule has 1 N–H and O–H groups in total. The molecule has 0 aromatic carbocycles. The summed E-state index contributed by atoms with van der Waals surface area (Å²) in [5, 5.41) is 5.35. The average molecular weight is 283 g/mol. The number of hydrogen-bond donors (Lipinski definition) is 1. The highest BCUT2D eigenvalue weighted by Crippen LogP contribution is 2.24. The number of nitrogens with one attached hydrogen (secondary N) is 1. The van der Waals surface area contributed by atoms with Crippen LogP contribution in [0.1, 0.15) is 16.6 Å². The van der Waals surface area contributed by atoms with Gasteiger partial charge in [-0.3, -0.25) is 4.98 Å². The lowest BCUT2D eigenvalue weighted by molar-refractivity contribution is 0.682. The summed E-state index contributed by atoms with van der Waals surface area (Å²) in [4.78, 5) is 5.69. The van der Waals surface area contributed by atoms with Crippen LogP contribution in [0.5, 0.6) is 0 Å². The molecule has 0 aliphatic carbocycles. The maximum absolute atomic E-state index is 4.40. The van der Waals surface area contributed by atoms with E-state index in [2.05, 4.69) is 43.7 Å². The van der Waals surface area contributed by atoms with E-state index in [1.165, 1.54) is 4.88 Å². The van der Waals surface area contributed by atoms with Crippen LogP contribution in [0.4, 0.5) is 0 Å². The molecule has 0 aliphatic rings. The van der Waals surface area contributed by atoms with E-state index in [0.717, 1.165) is 10.2 Å². The molecule has 1 unspecified atom stereocenters. The highest BCUT2D eigenvalue weighted by Gasteiger charge is 2.13. The van der Waals surface area contributed by atoms with Crippen molar-refractivity contribution in [2.45, 2.75) is 6.04 Å². The molecule has 0 radical (unpaired) electrons. The molecule has 2 nitrogen and oxygen atoms in total. The molecule has 4 heteroatoms. The fraction of sp³-hybridized carbons (Fsp3) is 0.182. The average Bonchev–Trinajstić information content (AvgIpc) is 2.75. The second kappa shape index (κ2) is 4.88. The Labute approximate surface area is 101 Å². The maximum atomic E-state index is 4.40. The van der Waals surface area contributed by atoms with E-state index < -0.39 is 0 Å². The van der Waals surface area contributed by atoms with Crippen LogP contribution in [0.3, 0.4) is 0 Å². The number of aromatic nitrogens is 1. The fourth-order valence-corrected chi connectivity index (χ4v) is 2.53. The summed E-state index contributed by atoms with van der Waals surface area (Å²) in [7, 11) is 1.95. The first kappa shape index (κ1) is 10.8. The SMILES string of the molecule is CNC(c1ccc(Br)cn1)c1cccs1. The third kappa shape index (κ3) is 2.45. The highest BCUT2D eigenvalue weighted by atomic mass is 79.9. The van der Waals surface area contributed by atoms with E-state index in [1.54, 1.807) is 11.3 Å². The summed E-state index contributed by atoms with van der Waals surface area (Å²) in [5.41, 5.74) is 1.04. The first-order chi connectivity index (χ1) is 7.31. The Morgan fingerprint density at radius 2 is 2.27 bits per heavy atom. The van der Waals surface area contributed by atoms with E-state index in [-0.39, 0.29) is 6.04 Å². The zero-order chi connectivity index (χ0) is 10.7. The molecule has 2 aromatic rings. The Morgan fingerprint density at radius 1 is 1.40 bits per heavy atom. The van der Waals surface area contributed by atoms with E-state index in [1.807, 2.05) is 25.4 Å². The van der Waals surface area contributed by atoms with Crippen LogP contribution in [0.2, 0.25) is 0 Å². The first-order valence-corrected chi connectivity index (χ1v) is 6.30. The summed E-state index contributed by atoms with van der Waals surface area (Å²) in [6.45, 7) is 0. The molecule has 0 bridgehead atoms. The minimum absolute atomic E-state index is 0.193. The Balaban J connectivity index is 2.31. The molecule has 78 valence electrons. The van der Waals surface area contributed by atoms with Gasteiger partial charge in [0.1, 0.15) is 0 Å². The van der Waals surface area contributed by atoms with Crippen LogP contribution in [-0.2, 0) is 0 Å². The van der Waals surface area contributed by atoms with E-state index in [0.29, 0.717) is 0 Å². The summed E-state index contributed by atoms with van der Waals surface area (Å²) in [6, 6.07) is 8.42. The standard InChI is InChI=1S/C11H11BrN2S/c1-13-11(10-3-2-6-15-10)9-5-4-8(12)7-14-9/h2-7,11,13H,1H3. The second-order valence-corrected chi connectivity index (χ2v) is 5.03. The number of thiophene rings is 1. The molecule has 2 heterocycles. The van der Waals surface area contributed by atoms with Gasteiger partial charge in [0, 0.05) is 15.5 Å². The van der Waals surface area contributed by atoms with Crippen LogP contribution < -0.4 is 5.32 Å². The van der Waals surface area contributed by atoms with Crippen molar-refractivity contribution in [3.05, 3.63) is 50.9 Å². The lowest BCUT2D eigenvalue weighted by Crippen LogP contribution is -2.17. The molecule has 0 saturated heterocycles. The summed E-state index contributed by atoms with van der Waals surface area (Å²) in [6.07, 6.45) is 1.83. The molecule has 1 atom stereocenters. The van der Waals surface area contributed by atoms with Gasteiger partial charge in [-0.05, 0) is 46.6 Å². The van der Waals surface area contributed by atoms with Crippen molar-refractivity contribution >= 4 is 27.3 Å². The van der Waals surface area contributed by atoms with Gasteiger partial charge >= 0.3 is 0 Å². The molecule has 0 amide bonds. The molecular formula is C11H11BrN2S. The smallest absolute Gasteiger partial charge is 0.0842 e. The van der Waals surface area contributed by atoms with Gasteiger partial charge in [0.05, 0.1) is 11.7 Å². The Morgan fingerprint density at radius 3 is 2.80 bits per heavy atom. The first-order valence-electron chi connectivity index (χ1n) is 4.63. The Bertz CT molecular complexity index is 411. The third-order valence-corrected chi connectivity index (χ3v) is 3.57. The minimum Gasteiger partial charge on any atom is -0.307 e. The van der Waals surface area contributed by atoms with Crippen molar-refractivity contribution in [2.24, 2.45) is 0 Å². The molecule has 15 heavy (non-hydrogen) atoms. The predicted octanol–water partition coefficient (Wildman–Crippen LogP) is 3.21. The Kier molecular flexibility index (Phi) is 3.51. The van der Waals surface area contributed by atoms with Gasteiger partial charge in [0.2, 0.25) is 0 Å². The number of pyridine rings is 1.